The van der Waals surface area contributed by atoms with Crippen LogP contribution in [-0.2, 0) is 0 Å². The minimum atomic E-state index is -0.644. The average Bonchev–Trinajstić information content (AvgIpc) is 2.36. The highest BCUT2D eigenvalue weighted by Crippen LogP contribution is 2.18. The molecule has 1 N–H and O–H groups in total. The summed E-state index contributed by atoms with van der Waals surface area (Å²) in [6.45, 7) is -0.0754. The van der Waals surface area contributed by atoms with E-state index in [0.717, 1.165) is 10.9 Å². The van der Waals surface area contributed by atoms with E-state index < -0.39 is 6.09 Å². The van der Waals surface area contributed by atoms with E-state index in [9.17, 15) is 4.79 Å². The van der Waals surface area contributed by atoms with Gasteiger partial charge >= 0.3 is 6.09 Å². The molecule has 5 heteroatoms. The SMILES string of the molecule is N#CCNC(=O)Oc1ccc2ncccc2c1. The average molecular weight is 227 g/mol. The maximum atomic E-state index is 11.2. The molecule has 0 aliphatic carbocycles. The van der Waals surface area contributed by atoms with Gasteiger partial charge in [-0.2, -0.15) is 5.26 Å². The van der Waals surface area contributed by atoms with Crippen LogP contribution in [0.4, 0.5) is 4.79 Å². The lowest BCUT2D eigenvalue weighted by Gasteiger charge is -2.04. The van der Waals surface area contributed by atoms with Crippen molar-refractivity contribution in [2.45, 2.75) is 0 Å². The molecule has 0 atom stereocenters. The molecule has 84 valence electrons. The van der Waals surface area contributed by atoms with Gasteiger partial charge in [-0.25, -0.2) is 4.79 Å². The number of nitriles is 1. The van der Waals surface area contributed by atoms with Crippen LogP contribution in [0.3, 0.4) is 0 Å². The van der Waals surface area contributed by atoms with Crippen LogP contribution < -0.4 is 10.1 Å². The van der Waals surface area contributed by atoms with Crippen molar-refractivity contribution in [1.29, 1.82) is 5.26 Å². The van der Waals surface area contributed by atoms with Crippen molar-refractivity contribution in [2.24, 2.45) is 0 Å². The number of ether oxygens (including phenoxy) is 1. The van der Waals surface area contributed by atoms with Crippen LogP contribution in [-0.4, -0.2) is 17.6 Å². The molecule has 2 aromatic rings. The van der Waals surface area contributed by atoms with Gasteiger partial charge in [-0.1, -0.05) is 6.07 Å². The first-order valence-corrected chi connectivity index (χ1v) is 4.97. The van der Waals surface area contributed by atoms with Gasteiger partial charge in [0.25, 0.3) is 0 Å². The summed E-state index contributed by atoms with van der Waals surface area (Å²) < 4.78 is 5.00. The smallest absolute Gasteiger partial charge is 0.410 e. The zero-order valence-electron chi connectivity index (χ0n) is 8.88. The molecular weight excluding hydrogens is 218 g/mol. The van der Waals surface area contributed by atoms with Gasteiger partial charge in [0, 0.05) is 11.6 Å². The minimum Gasteiger partial charge on any atom is -0.410 e. The molecule has 0 saturated heterocycles. The van der Waals surface area contributed by atoms with Crippen molar-refractivity contribution >= 4 is 17.0 Å². The predicted molar refractivity (Wildman–Crippen MR) is 61.4 cm³/mol. The van der Waals surface area contributed by atoms with E-state index in [4.69, 9.17) is 10.00 Å². The molecule has 1 heterocycles. The zero-order valence-corrected chi connectivity index (χ0v) is 8.88. The molecule has 0 spiro atoms. The first kappa shape index (κ1) is 10.9. The standard InChI is InChI=1S/C12H9N3O2/c13-5-7-15-12(16)17-10-3-4-11-9(8-10)2-1-6-14-11/h1-4,6,8H,7H2,(H,15,16). The number of benzene rings is 1. The number of aromatic nitrogens is 1. The van der Waals surface area contributed by atoms with E-state index in [0.29, 0.717) is 5.75 Å². The molecule has 0 aliphatic heterocycles. The zero-order chi connectivity index (χ0) is 12.1. The van der Waals surface area contributed by atoms with Gasteiger partial charge in [-0.3, -0.25) is 4.98 Å². The first-order valence-electron chi connectivity index (χ1n) is 4.97. The number of carbonyl (C=O) groups is 1. The second kappa shape index (κ2) is 4.94. The van der Waals surface area contributed by atoms with Crippen molar-refractivity contribution in [2.75, 3.05) is 6.54 Å². The topological polar surface area (TPSA) is 75.0 Å². The summed E-state index contributed by atoms with van der Waals surface area (Å²) >= 11 is 0. The summed E-state index contributed by atoms with van der Waals surface area (Å²) in [5.74, 6) is 0.418. The molecule has 0 aliphatic rings. The normalized spacial score (nSPS) is 9.59. The van der Waals surface area contributed by atoms with Crippen molar-refractivity contribution in [3.05, 3.63) is 36.5 Å². The molecule has 0 saturated carbocycles. The monoisotopic (exact) mass is 227 g/mol. The fourth-order valence-corrected chi connectivity index (χ4v) is 1.37. The highest BCUT2D eigenvalue weighted by Gasteiger charge is 2.04. The summed E-state index contributed by atoms with van der Waals surface area (Å²) in [6.07, 6.45) is 1.05. The maximum Gasteiger partial charge on any atom is 0.413 e. The van der Waals surface area contributed by atoms with Gasteiger partial charge in [0.1, 0.15) is 12.3 Å². The second-order valence-corrected chi connectivity index (χ2v) is 3.26. The van der Waals surface area contributed by atoms with Crippen molar-refractivity contribution in [3.8, 4) is 11.8 Å². The van der Waals surface area contributed by atoms with Crippen LogP contribution >= 0.6 is 0 Å². The Balaban J connectivity index is 2.14. The summed E-state index contributed by atoms with van der Waals surface area (Å²) in [5, 5.41) is 11.5. The number of amides is 1. The summed E-state index contributed by atoms with van der Waals surface area (Å²) in [6, 6.07) is 10.6. The fraction of sp³-hybridized carbons (Fsp3) is 0.0833. The van der Waals surface area contributed by atoms with Crippen LogP contribution in [0.15, 0.2) is 36.5 Å². The Kier molecular flexibility index (Phi) is 3.17. The van der Waals surface area contributed by atoms with Gasteiger partial charge in [0.05, 0.1) is 11.6 Å². The molecule has 1 amide bonds. The van der Waals surface area contributed by atoms with Gasteiger partial charge in [-0.05, 0) is 24.3 Å². The molecule has 0 radical (unpaired) electrons. The molecule has 0 unspecified atom stereocenters. The second-order valence-electron chi connectivity index (χ2n) is 3.26. The number of hydrogen-bond acceptors (Lipinski definition) is 4. The summed E-state index contributed by atoms with van der Waals surface area (Å²) in [4.78, 5) is 15.4. The van der Waals surface area contributed by atoms with Gasteiger partial charge < -0.3 is 10.1 Å². The van der Waals surface area contributed by atoms with Crippen LogP contribution in [0.2, 0.25) is 0 Å². The van der Waals surface area contributed by atoms with E-state index in [-0.39, 0.29) is 6.54 Å². The van der Waals surface area contributed by atoms with Gasteiger partial charge in [0.2, 0.25) is 0 Å². The molecule has 1 aromatic carbocycles. The van der Waals surface area contributed by atoms with E-state index in [1.54, 1.807) is 30.5 Å². The van der Waals surface area contributed by atoms with Crippen LogP contribution in [0, 0.1) is 11.3 Å². The number of fused-ring (bicyclic) bond motifs is 1. The molecule has 0 fully saturated rings. The van der Waals surface area contributed by atoms with Crippen molar-refractivity contribution in [3.63, 3.8) is 0 Å². The van der Waals surface area contributed by atoms with Crippen LogP contribution in [0.5, 0.6) is 5.75 Å². The van der Waals surface area contributed by atoms with Gasteiger partial charge in [-0.15, -0.1) is 0 Å². The quantitative estimate of drug-likeness (QED) is 0.794. The van der Waals surface area contributed by atoms with Gasteiger partial charge in [0.15, 0.2) is 0 Å². The Labute approximate surface area is 97.6 Å². The Morgan fingerprint density at radius 2 is 2.35 bits per heavy atom. The number of rotatable bonds is 2. The highest BCUT2D eigenvalue weighted by atomic mass is 16.5. The maximum absolute atomic E-state index is 11.2. The van der Waals surface area contributed by atoms with E-state index in [1.165, 1.54) is 0 Å². The van der Waals surface area contributed by atoms with E-state index in [2.05, 4.69) is 10.3 Å². The van der Waals surface area contributed by atoms with Crippen LogP contribution in [0.25, 0.3) is 10.9 Å². The molecule has 1 aromatic heterocycles. The fourth-order valence-electron chi connectivity index (χ4n) is 1.37. The third-order valence-corrected chi connectivity index (χ3v) is 2.10. The van der Waals surface area contributed by atoms with E-state index in [1.807, 2.05) is 12.1 Å². The number of nitrogens with one attached hydrogen (secondary N) is 1. The lowest BCUT2D eigenvalue weighted by molar-refractivity contribution is 0.202. The number of carbonyl (C=O) groups excluding carboxylic acids is 1. The minimum absolute atomic E-state index is 0.0754. The number of nitrogens with zero attached hydrogens (tertiary/aromatic N) is 2. The summed E-state index contributed by atoms with van der Waals surface area (Å²) in [5.41, 5.74) is 0.831. The highest BCUT2D eigenvalue weighted by molar-refractivity contribution is 5.81. The lowest BCUT2D eigenvalue weighted by Crippen LogP contribution is -2.26. The summed E-state index contributed by atoms with van der Waals surface area (Å²) in [7, 11) is 0. The van der Waals surface area contributed by atoms with Crippen molar-refractivity contribution < 1.29 is 9.53 Å². The molecular formula is C12H9N3O2. The number of hydrogen-bond donors (Lipinski definition) is 1. The molecule has 0 bridgehead atoms. The Hall–Kier alpha value is -2.61. The molecule has 2 rings (SSSR count). The van der Waals surface area contributed by atoms with Crippen LogP contribution in [0.1, 0.15) is 0 Å². The lowest BCUT2D eigenvalue weighted by atomic mass is 10.2. The predicted octanol–water partition coefficient (Wildman–Crippen LogP) is 1.85. The third-order valence-electron chi connectivity index (χ3n) is 2.10. The largest absolute Gasteiger partial charge is 0.413 e. The Morgan fingerprint density at radius 1 is 1.47 bits per heavy atom. The van der Waals surface area contributed by atoms with E-state index >= 15 is 0 Å². The molecule has 17 heavy (non-hydrogen) atoms. The number of pyridine rings is 1. The Morgan fingerprint density at radius 3 is 3.18 bits per heavy atom. The molecule has 5 nitrogen and oxygen atoms in total. The van der Waals surface area contributed by atoms with Crippen molar-refractivity contribution in [1.82, 2.24) is 10.3 Å². The first-order chi connectivity index (χ1) is 8.29. The Bertz CT molecular complexity index is 590. The third kappa shape index (κ3) is 2.69.